The van der Waals surface area contributed by atoms with Gasteiger partial charge in [0, 0.05) is 25.2 Å². The van der Waals surface area contributed by atoms with Crippen LogP contribution in [0.5, 0.6) is 17.2 Å². The van der Waals surface area contributed by atoms with E-state index in [-0.39, 0.29) is 30.1 Å². The maximum Gasteiger partial charge on any atom is 0.191 e. The highest BCUT2D eigenvalue weighted by Crippen LogP contribution is 2.24. The van der Waals surface area contributed by atoms with Crippen LogP contribution in [-0.2, 0) is 6.54 Å². The normalized spacial score (nSPS) is 11.8. The molecule has 0 spiro atoms. The minimum Gasteiger partial charge on any atom is -0.497 e. The molecule has 2 aromatic rings. The van der Waals surface area contributed by atoms with E-state index in [9.17, 15) is 0 Å². The van der Waals surface area contributed by atoms with E-state index in [0.29, 0.717) is 19.0 Å². The van der Waals surface area contributed by atoms with E-state index in [1.165, 1.54) is 0 Å². The van der Waals surface area contributed by atoms with Crippen LogP contribution in [0, 0.1) is 6.92 Å². The van der Waals surface area contributed by atoms with Crippen molar-refractivity contribution in [2.75, 3.05) is 27.8 Å². The summed E-state index contributed by atoms with van der Waals surface area (Å²) in [6, 6.07) is 13.8. The first-order valence-electron chi connectivity index (χ1n) is 8.95. The van der Waals surface area contributed by atoms with Crippen LogP contribution in [0.1, 0.15) is 18.1 Å². The van der Waals surface area contributed by atoms with Gasteiger partial charge in [0.25, 0.3) is 0 Å². The molecule has 1 atom stereocenters. The Labute approximate surface area is 184 Å². The highest BCUT2D eigenvalue weighted by Gasteiger charge is 2.09. The summed E-state index contributed by atoms with van der Waals surface area (Å²) in [5.41, 5.74) is 2.14. The lowest BCUT2D eigenvalue weighted by atomic mass is 10.2. The predicted molar refractivity (Wildman–Crippen MR) is 124 cm³/mol. The number of benzene rings is 2. The molecule has 1 unspecified atom stereocenters. The second-order valence-corrected chi connectivity index (χ2v) is 6.18. The van der Waals surface area contributed by atoms with Gasteiger partial charge in [-0.15, -0.1) is 24.0 Å². The van der Waals surface area contributed by atoms with Crippen LogP contribution in [0.2, 0.25) is 0 Å². The standard InChI is InChI=1S/C21H29N3O3.HI/c1-15-8-6-7-9-19(15)27-16(2)13-23-21(22-3)24-14-17-10-11-18(25-4)12-20(17)26-5;/h6-12,16H,13-14H2,1-5H3,(H2,22,23,24);1H. The lowest BCUT2D eigenvalue weighted by Crippen LogP contribution is -2.41. The van der Waals surface area contributed by atoms with Crippen molar-refractivity contribution in [1.29, 1.82) is 0 Å². The third kappa shape index (κ3) is 7.10. The average molecular weight is 499 g/mol. The van der Waals surface area contributed by atoms with E-state index in [4.69, 9.17) is 14.2 Å². The maximum absolute atomic E-state index is 5.99. The quantitative estimate of drug-likeness (QED) is 0.329. The van der Waals surface area contributed by atoms with Gasteiger partial charge in [0.05, 0.1) is 20.8 Å². The Morgan fingerprint density at radius 1 is 1.04 bits per heavy atom. The monoisotopic (exact) mass is 499 g/mol. The number of halogens is 1. The fourth-order valence-electron chi connectivity index (χ4n) is 2.58. The fraction of sp³-hybridized carbons (Fsp3) is 0.381. The summed E-state index contributed by atoms with van der Waals surface area (Å²) in [7, 11) is 5.03. The molecule has 0 saturated carbocycles. The molecule has 0 aliphatic heterocycles. The summed E-state index contributed by atoms with van der Waals surface area (Å²) in [6.07, 6.45) is 0.000160. The van der Waals surface area contributed by atoms with Crippen molar-refractivity contribution in [2.45, 2.75) is 26.5 Å². The van der Waals surface area contributed by atoms with Gasteiger partial charge in [-0.25, -0.2) is 0 Å². The number of guanidine groups is 1. The zero-order valence-electron chi connectivity index (χ0n) is 17.1. The van der Waals surface area contributed by atoms with Crippen LogP contribution in [0.15, 0.2) is 47.5 Å². The van der Waals surface area contributed by atoms with Gasteiger partial charge in [0.2, 0.25) is 0 Å². The molecule has 0 heterocycles. The molecule has 2 N–H and O–H groups in total. The molecule has 0 aliphatic rings. The van der Waals surface area contributed by atoms with Gasteiger partial charge in [0.15, 0.2) is 5.96 Å². The summed E-state index contributed by atoms with van der Waals surface area (Å²) < 4.78 is 16.6. The van der Waals surface area contributed by atoms with E-state index in [2.05, 4.69) is 15.6 Å². The van der Waals surface area contributed by atoms with Crippen LogP contribution >= 0.6 is 24.0 Å². The molecule has 6 nitrogen and oxygen atoms in total. The second-order valence-electron chi connectivity index (χ2n) is 6.18. The molecule has 2 aromatic carbocycles. The number of nitrogens with zero attached hydrogens (tertiary/aromatic N) is 1. The van der Waals surface area contributed by atoms with Crippen molar-refractivity contribution in [3.63, 3.8) is 0 Å². The molecule has 0 radical (unpaired) electrons. The van der Waals surface area contributed by atoms with Gasteiger partial charge in [0.1, 0.15) is 23.4 Å². The molecule has 0 bridgehead atoms. The molecule has 2 rings (SSSR count). The second kappa shape index (κ2) is 12.3. The average Bonchev–Trinajstić information content (AvgIpc) is 2.69. The highest BCUT2D eigenvalue weighted by atomic mass is 127. The number of methoxy groups -OCH3 is 2. The van der Waals surface area contributed by atoms with Crippen LogP contribution in [0.3, 0.4) is 0 Å². The maximum atomic E-state index is 5.99. The van der Waals surface area contributed by atoms with Crippen molar-refractivity contribution < 1.29 is 14.2 Å². The molecule has 0 aliphatic carbocycles. The summed E-state index contributed by atoms with van der Waals surface area (Å²) >= 11 is 0. The number of para-hydroxylation sites is 1. The Bertz CT molecular complexity index is 768. The Balaban J connectivity index is 0.00000392. The van der Waals surface area contributed by atoms with E-state index in [1.807, 2.05) is 56.3 Å². The third-order valence-corrected chi connectivity index (χ3v) is 4.14. The highest BCUT2D eigenvalue weighted by molar-refractivity contribution is 14.0. The predicted octanol–water partition coefficient (Wildman–Crippen LogP) is 3.76. The first-order valence-corrected chi connectivity index (χ1v) is 8.95. The van der Waals surface area contributed by atoms with Crippen LogP contribution in [-0.4, -0.2) is 39.9 Å². The molecular formula is C21H30IN3O3. The van der Waals surface area contributed by atoms with Gasteiger partial charge in [-0.3, -0.25) is 4.99 Å². The van der Waals surface area contributed by atoms with Gasteiger partial charge in [-0.2, -0.15) is 0 Å². The van der Waals surface area contributed by atoms with Gasteiger partial charge in [-0.1, -0.05) is 18.2 Å². The fourth-order valence-corrected chi connectivity index (χ4v) is 2.58. The SMILES string of the molecule is CN=C(NCc1ccc(OC)cc1OC)NCC(C)Oc1ccccc1C.I. The molecule has 7 heteroatoms. The number of hydrogen-bond acceptors (Lipinski definition) is 4. The van der Waals surface area contributed by atoms with Crippen molar-refractivity contribution >= 4 is 29.9 Å². The van der Waals surface area contributed by atoms with Crippen molar-refractivity contribution in [3.05, 3.63) is 53.6 Å². The molecule has 154 valence electrons. The Morgan fingerprint density at radius 2 is 1.79 bits per heavy atom. The molecule has 0 fully saturated rings. The third-order valence-electron chi connectivity index (χ3n) is 4.14. The Morgan fingerprint density at radius 3 is 2.43 bits per heavy atom. The lowest BCUT2D eigenvalue weighted by Gasteiger charge is -2.19. The molecule has 28 heavy (non-hydrogen) atoms. The van der Waals surface area contributed by atoms with Crippen molar-refractivity contribution in [1.82, 2.24) is 10.6 Å². The van der Waals surface area contributed by atoms with Crippen molar-refractivity contribution in [3.8, 4) is 17.2 Å². The number of ether oxygens (including phenoxy) is 3. The summed E-state index contributed by atoms with van der Waals surface area (Å²) in [5, 5.41) is 6.58. The minimum absolute atomic E-state index is 0. The largest absolute Gasteiger partial charge is 0.497 e. The number of aliphatic imine (C=N–C) groups is 1. The first kappa shape index (κ1) is 23.9. The smallest absolute Gasteiger partial charge is 0.191 e. The zero-order valence-corrected chi connectivity index (χ0v) is 19.4. The Kier molecular flexibility index (Phi) is 10.5. The van der Waals surface area contributed by atoms with Gasteiger partial charge in [-0.05, 0) is 37.6 Å². The summed E-state index contributed by atoms with van der Waals surface area (Å²) in [5.74, 6) is 3.14. The number of aryl methyl sites for hydroxylation is 1. The molecular weight excluding hydrogens is 469 g/mol. The van der Waals surface area contributed by atoms with E-state index in [0.717, 1.165) is 28.4 Å². The lowest BCUT2D eigenvalue weighted by molar-refractivity contribution is 0.222. The van der Waals surface area contributed by atoms with E-state index in [1.54, 1.807) is 21.3 Å². The van der Waals surface area contributed by atoms with Crippen molar-refractivity contribution in [2.24, 2.45) is 4.99 Å². The zero-order chi connectivity index (χ0) is 19.6. The summed E-state index contributed by atoms with van der Waals surface area (Å²) in [4.78, 5) is 4.26. The molecule has 0 saturated heterocycles. The molecule has 0 aromatic heterocycles. The van der Waals surface area contributed by atoms with Crippen LogP contribution < -0.4 is 24.8 Å². The number of hydrogen-bond donors (Lipinski definition) is 2. The van der Waals surface area contributed by atoms with Gasteiger partial charge >= 0.3 is 0 Å². The first-order chi connectivity index (χ1) is 13.1. The number of nitrogens with one attached hydrogen (secondary N) is 2. The summed E-state index contributed by atoms with van der Waals surface area (Å²) in [6.45, 7) is 5.28. The Hall–Kier alpha value is -2.16. The number of rotatable bonds is 8. The van der Waals surface area contributed by atoms with Gasteiger partial charge < -0.3 is 24.8 Å². The minimum atomic E-state index is 0. The topological polar surface area (TPSA) is 64.1 Å². The van der Waals surface area contributed by atoms with E-state index < -0.39 is 0 Å². The molecule has 0 amide bonds. The van der Waals surface area contributed by atoms with E-state index >= 15 is 0 Å². The van der Waals surface area contributed by atoms with Crippen LogP contribution in [0.4, 0.5) is 0 Å². The van der Waals surface area contributed by atoms with Crippen LogP contribution in [0.25, 0.3) is 0 Å².